The molecule has 0 fully saturated rings. The van der Waals surface area contributed by atoms with Crippen LogP contribution >= 0.6 is 0 Å². The number of aliphatic imine (C=N–C) groups is 1. The van der Waals surface area contributed by atoms with Crippen molar-refractivity contribution < 1.29 is 9.34 Å². The molecule has 0 radical (unpaired) electrons. The van der Waals surface area contributed by atoms with E-state index < -0.39 is 4.92 Å². The van der Waals surface area contributed by atoms with Gasteiger partial charge in [-0.2, -0.15) is 5.26 Å². The Kier molecular flexibility index (Phi) is 3.62. The zero-order valence-corrected chi connectivity index (χ0v) is 11.0. The first-order valence-corrected chi connectivity index (χ1v) is 5.81. The number of non-ortho nitro benzene ring substituents is 1. The monoisotopic (exact) mass is 269 g/mol. The van der Waals surface area contributed by atoms with E-state index in [9.17, 15) is 10.1 Å². The van der Waals surface area contributed by atoms with Crippen LogP contribution in [-0.4, -0.2) is 11.1 Å². The van der Waals surface area contributed by atoms with E-state index in [1.807, 2.05) is 6.07 Å². The summed E-state index contributed by atoms with van der Waals surface area (Å²) in [6.45, 7) is 3.53. The second-order valence-corrected chi connectivity index (χ2v) is 4.19. The van der Waals surface area contributed by atoms with Gasteiger partial charge in [-0.05, 0) is 19.4 Å². The second-order valence-electron chi connectivity index (χ2n) is 4.19. The molecular weight excluding hydrogens is 258 g/mol. The molecule has 20 heavy (non-hydrogen) atoms. The van der Waals surface area contributed by atoms with Crippen molar-refractivity contribution in [2.45, 2.75) is 13.8 Å². The van der Waals surface area contributed by atoms with Crippen molar-refractivity contribution in [3.63, 3.8) is 0 Å². The van der Waals surface area contributed by atoms with Gasteiger partial charge in [0.1, 0.15) is 17.4 Å². The lowest BCUT2D eigenvalue weighted by molar-refractivity contribution is -0.384. The Hall–Kier alpha value is -2.94. The molecule has 100 valence electrons. The van der Waals surface area contributed by atoms with Gasteiger partial charge in [-0.3, -0.25) is 10.1 Å². The van der Waals surface area contributed by atoms with Gasteiger partial charge in [-0.25, -0.2) is 4.99 Å². The molecule has 0 bridgehead atoms. The van der Waals surface area contributed by atoms with Gasteiger partial charge in [0.15, 0.2) is 0 Å². The molecule has 6 nitrogen and oxygen atoms in total. The molecular formula is C14H11N3O3. The van der Waals surface area contributed by atoms with Crippen LogP contribution in [0.2, 0.25) is 0 Å². The molecule has 0 atom stereocenters. The topological polar surface area (TPSA) is 92.4 Å². The summed E-state index contributed by atoms with van der Waals surface area (Å²) in [5.74, 6) is 0.849. The summed E-state index contributed by atoms with van der Waals surface area (Å²) in [6.07, 6.45) is 1.44. The van der Waals surface area contributed by atoms with Crippen molar-refractivity contribution in [1.29, 1.82) is 5.26 Å². The minimum atomic E-state index is -0.473. The number of rotatable bonds is 3. The average molecular weight is 269 g/mol. The van der Waals surface area contributed by atoms with Crippen LogP contribution in [0, 0.1) is 35.3 Å². The van der Waals surface area contributed by atoms with Gasteiger partial charge in [0.05, 0.1) is 4.92 Å². The summed E-state index contributed by atoms with van der Waals surface area (Å²) in [5, 5.41) is 19.7. The third kappa shape index (κ3) is 2.57. The van der Waals surface area contributed by atoms with Crippen molar-refractivity contribution in [3.05, 3.63) is 56.8 Å². The fourth-order valence-corrected chi connectivity index (χ4v) is 1.68. The predicted molar refractivity (Wildman–Crippen MR) is 73.2 cm³/mol. The minimum Gasteiger partial charge on any atom is -0.442 e. The SMILES string of the molecule is Cc1oc(/N=C/c2cccc([N+](=O)[O-])c2)c(C#N)c1C. The highest BCUT2D eigenvalue weighted by Crippen LogP contribution is 2.27. The number of nitriles is 1. The van der Waals surface area contributed by atoms with E-state index >= 15 is 0 Å². The Morgan fingerprint density at radius 1 is 1.45 bits per heavy atom. The van der Waals surface area contributed by atoms with E-state index in [1.54, 1.807) is 26.0 Å². The summed E-state index contributed by atoms with van der Waals surface area (Å²) in [4.78, 5) is 14.3. The molecule has 0 aliphatic heterocycles. The van der Waals surface area contributed by atoms with Crippen LogP contribution in [-0.2, 0) is 0 Å². The van der Waals surface area contributed by atoms with Crippen LogP contribution in [0.5, 0.6) is 0 Å². The van der Waals surface area contributed by atoms with Crippen molar-refractivity contribution >= 4 is 17.8 Å². The molecule has 2 rings (SSSR count). The van der Waals surface area contributed by atoms with Gasteiger partial charge in [-0.1, -0.05) is 12.1 Å². The second kappa shape index (κ2) is 5.36. The lowest BCUT2D eigenvalue weighted by Crippen LogP contribution is -1.89. The first kappa shape index (κ1) is 13.5. The maximum absolute atomic E-state index is 10.7. The number of nitro benzene ring substituents is 1. The van der Waals surface area contributed by atoms with Crippen molar-refractivity contribution in [2.24, 2.45) is 4.99 Å². The first-order chi connectivity index (χ1) is 9.52. The highest BCUT2D eigenvalue weighted by molar-refractivity contribution is 5.83. The average Bonchev–Trinajstić information content (AvgIpc) is 2.71. The molecule has 0 saturated heterocycles. The fraction of sp³-hybridized carbons (Fsp3) is 0.143. The number of furan rings is 1. The summed E-state index contributed by atoms with van der Waals surface area (Å²) in [5.41, 5.74) is 1.68. The zero-order chi connectivity index (χ0) is 14.7. The quantitative estimate of drug-likeness (QED) is 0.484. The number of nitrogens with zero attached hydrogens (tertiary/aromatic N) is 3. The Bertz CT molecular complexity index is 739. The molecule has 1 aromatic heterocycles. The smallest absolute Gasteiger partial charge is 0.270 e. The molecule has 0 aliphatic rings. The molecule has 0 saturated carbocycles. The summed E-state index contributed by atoms with van der Waals surface area (Å²) in [7, 11) is 0. The molecule has 0 N–H and O–H groups in total. The Morgan fingerprint density at radius 2 is 2.20 bits per heavy atom. The number of nitro groups is 1. The highest BCUT2D eigenvalue weighted by Gasteiger charge is 2.13. The Balaban J connectivity index is 2.35. The van der Waals surface area contributed by atoms with Crippen LogP contribution in [0.1, 0.15) is 22.5 Å². The molecule has 1 aromatic carbocycles. The van der Waals surface area contributed by atoms with Gasteiger partial charge in [-0.15, -0.1) is 0 Å². The molecule has 0 unspecified atom stereocenters. The fourth-order valence-electron chi connectivity index (χ4n) is 1.68. The highest BCUT2D eigenvalue weighted by atomic mass is 16.6. The molecule has 6 heteroatoms. The maximum atomic E-state index is 10.7. The summed E-state index contributed by atoms with van der Waals surface area (Å²) in [6, 6.07) is 8.10. The molecule has 0 spiro atoms. The molecule has 0 aliphatic carbocycles. The van der Waals surface area contributed by atoms with Crippen LogP contribution in [0.4, 0.5) is 11.6 Å². The van der Waals surface area contributed by atoms with E-state index in [2.05, 4.69) is 4.99 Å². The minimum absolute atomic E-state index is 0.0127. The largest absolute Gasteiger partial charge is 0.442 e. The molecule has 0 amide bonds. The van der Waals surface area contributed by atoms with Crippen molar-refractivity contribution in [1.82, 2.24) is 0 Å². The van der Waals surface area contributed by atoms with Crippen LogP contribution in [0.3, 0.4) is 0 Å². The van der Waals surface area contributed by atoms with Crippen LogP contribution in [0.15, 0.2) is 33.7 Å². The van der Waals surface area contributed by atoms with Crippen LogP contribution in [0.25, 0.3) is 0 Å². The van der Waals surface area contributed by atoms with Crippen molar-refractivity contribution in [2.75, 3.05) is 0 Å². The summed E-state index contributed by atoms with van der Waals surface area (Å²) >= 11 is 0. The number of benzene rings is 1. The molecule has 1 heterocycles. The predicted octanol–water partition coefficient (Wildman–Crippen LogP) is 3.43. The number of hydrogen-bond acceptors (Lipinski definition) is 5. The van der Waals surface area contributed by atoms with Crippen LogP contribution < -0.4 is 0 Å². The lowest BCUT2D eigenvalue weighted by atomic mass is 10.2. The first-order valence-electron chi connectivity index (χ1n) is 5.81. The Morgan fingerprint density at radius 3 is 2.85 bits per heavy atom. The third-order valence-electron chi connectivity index (χ3n) is 2.89. The third-order valence-corrected chi connectivity index (χ3v) is 2.89. The van der Waals surface area contributed by atoms with Gasteiger partial charge >= 0.3 is 0 Å². The van der Waals surface area contributed by atoms with E-state index in [-0.39, 0.29) is 11.6 Å². The van der Waals surface area contributed by atoms with Gasteiger partial charge in [0.25, 0.3) is 5.69 Å². The van der Waals surface area contributed by atoms with Gasteiger partial charge in [0, 0.05) is 23.9 Å². The number of aryl methyl sites for hydroxylation is 1. The lowest BCUT2D eigenvalue weighted by Gasteiger charge is -1.93. The summed E-state index contributed by atoms with van der Waals surface area (Å²) < 4.78 is 5.38. The Labute approximate surface area is 115 Å². The normalized spacial score (nSPS) is 10.7. The van der Waals surface area contributed by atoms with E-state index in [1.165, 1.54) is 18.3 Å². The molecule has 2 aromatic rings. The zero-order valence-electron chi connectivity index (χ0n) is 11.0. The number of hydrogen-bond donors (Lipinski definition) is 0. The standard InChI is InChI=1S/C14H11N3O3/c1-9-10(2)20-14(13(9)7-15)16-8-11-4-3-5-12(6-11)17(18)19/h3-6,8H,1-2H3/b16-8+. The van der Waals surface area contributed by atoms with Gasteiger partial charge < -0.3 is 4.42 Å². The van der Waals surface area contributed by atoms with Crippen molar-refractivity contribution in [3.8, 4) is 6.07 Å². The van der Waals surface area contributed by atoms with E-state index in [0.717, 1.165) is 5.56 Å². The van der Waals surface area contributed by atoms with E-state index in [4.69, 9.17) is 9.68 Å². The maximum Gasteiger partial charge on any atom is 0.270 e. The van der Waals surface area contributed by atoms with Gasteiger partial charge in [0.2, 0.25) is 5.88 Å². The van der Waals surface area contributed by atoms with E-state index in [0.29, 0.717) is 16.9 Å².